The summed E-state index contributed by atoms with van der Waals surface area (Å²) >= 11 is 6.00. The molecule has 0 unspecified atom stereocenters. The van der Waals surface area contributed by atoms with Crippen LogP contribution >= 0.6 is 11.6 Å². The van der Waals surface area contributed by atoms with Crippen LogP contribution in [0, 0.1) is 11.3 Å². The normalized spacial score (nSPS) is 12.8. The predicted octanol–water partition coefficient (Wildman–Crippen LogP) is 3.65. The number of nitrogens with one attached hydrogen (secondary N) is 1. The number of hydrogen-bond acceptors (Lipinski definition) is 3. The fraction of sp³-hybridized carbons (Fsp3) is 0.133. The van der Waals surface area contributed by atoms with Gasteiger partial charge in [0, 0.05) is 22.7 Å². The van der Waals surface area contributed by atoms with Crippen molar-refractivity contribution in [3.8, 4) is 17.2 Å². The van der Waals surface area contributed by atoms with E-state index in [1.165, 1.54) is 0 Å². The van der Waals surface area contributed by atoms with Gasteiger partial charge in [0.15, 0.2) is 0 Å². The third kappa shape index (κ3) is 2.20. The van der Waals surface area contributed by atoms with Gasteiger partial charge < -0.3 is 5.32 Å². The second kappa shape index (κ2) is 5.08. The Morgan fingerprint density at radius 2 is 2.19 bits per heavy atom. The van der Waals surface area contributed by atoms with Gasteiger partial charge in [0.25, 0.3) is 0 Å². The lowest BCUT2D eigenvalue weighted by Gasteiger charge is -2.20. The monoisotopic (exact) mass is 298 g/mol. The van der Waals surface area contributed by atoms with E-state index < -0.39 is 0 Å². The lowest BCUT2D eigenvalue weighted by Crippen LogP contribution is -2.34. The van der Waals surface area contributed by atoms with E-state index in [0.717, 1.165) is 11.1 Å². The fourth-order valence-electron chi connectivity index (χ4n) is 2.40. The first kappa shape index (κ1) is 13.4. The van der Waals surface area contributed by atoms with Gasteiger partial charge in [0.2, 0.25) is 0 Å². The van der Waals surface area contributed by atoms with E-state index in [9.17, 15) is 4.79 Å². The van der Waals surface area contributed by atoms with E-state index in [1.54, 1.807) is 29.3 Å². The van der Waals surface area contributed by atoms with Crippen LogP contribution in [0.3, 0.4) is 0 Å². The molecule has 0 spiro atoms. The summed E-state index contributed by atoms with van der Waals surface area (Å²) in [6, 6.07) is 8.75. The summed E-state index contributed by atoms with van der Waals surface area (Å²) in [6.45, 7) is 2.37. The number of anilines is 2. The summed E-state index contributed by atoms with van der Waals surface area (Å²) in [5.74, 6) is 0. The van der Waals surface area contributed by atoms with Crippen LogP contribution in [0.2, 0.25) is 5.02 Å². The average Bonchev–Trinajstić information content (AvgIpc) is 2.59. The van der Waals surface area contributed by atoms with Crippen molar-refractivity contribution in [2.24, 2.45) is 0 Å². The Kier molecular flexibility index (Phi) is 3.24. The first-order valence-electron chi connectivity index (χ1n) is 6.42. The molecule has 21 heavy (non-hydrogen) atoms. The minimum Gasteiger partial charge on any atom is -0.307 e. The van der Waals surface area contributed by atoms with Crippen LogP contribution in [0.15, 0.2) is 30.5 Å². The highest BCUT2D eigenvalue weighted by Crippen LogP contribution is 2.39. The van der Waals surface area contributed by atoms with Gasteiger partial charge >= 0.3 is 6.03 Å². The van der Waals surface area contributed by atoms with Crippen LogP contribution in [0.1, 0.15) is 12.6 Å². The zero-order chi connectivity index (χ0) is 15.0. The van der Waals surface area contributed by atoms with E-state index >= 15 is 0 Å². The molecule has 5 nitrogen and oxygen atoms in total. The predicted molar refractivity (Wildman–Crippen MR) is 81.4 cm³/mol. The van der Waals surface area contributed by atoms with Gasteiger partial charge in [-0.25, -0.2) is 9.78 Å². The largest absolute Gasteiger partial charge is 0.326 e. The van der Waals surface area contributed by atoms with Crippen LogP contribution in [-0.2, 0) is 0 Å². The number of nitrogens with zero attached hydrogens (tertiary/aromatic N) is 3. The lowest BCUT2D eigenvalue weighted by molar-refractivity contribution is 0.257. The highest BCUT2D eigenvalue weighted by atomic mass is 35.5. The Balaban J connectivity index is 2.32. The molecule has 104 valence electrons. The highest BCUT2D eigenvalue weighted by Gasteiger charge is 2.25. The summed E-state index contributed by atoms with van der Waals surface area (Å²) in [5, 5.41) is 12.4. The molecule has 1 aliphatic rings. The van der Waals surface area contributed by atoms with Crippen LogP contribution in [0.25, 0.3) is 11.1 Å². The van der Waals surface area contributed by atoms with Crippen molar-refractivity contribution in [2.75, 3.05) is 16.8 Å². The number of urea groups is 1. The number of pyridine rings is 1. The SMILES string of the molecule is CCN1C(=O)Nc2cc(Cl)ccc2-c2cc(C#N)ncc21. The molecule has 6 heteroatoms. The molecule has 3 rings (SSSR count). The summed E-state index contributed by atoms with van der Waals surface area (Å²) in [5.41, 5.74) is 3.21. The molecule has 1 aliphatic heterocycles. The van der Waals surface area contributed by atoms with Gasteiger partial charge in [-0.1, -0.05) is 17.7 Å². The van der Waals surface area contributed by atoms with Gasteiger partial charge in [-0.05, 0) is 25.1 Å². The van der Waals surface area contributed by atoms with Crippen molar-refractivity contribution < 1.29 is 4.79 Å². The minimum absolute atomic E-state index is 0.244. The van der Waals surface area contributed by atoms with Gasteiger partial charge in [-0.3, -0.25) is 4.90 Å². The molecule has 2 heterocycles. The van der Waals surface area contributed by atoms with Gasteiger partial charge in [0.05, 0.1) is 17.6 Å². The van der Waals surface area contributed by atoms with Gasteiger partial charge in [0.1, 0.15) is 11.8 Å². The maximum atomic E-state index is 12.3. The summed E-state index contributed by atoms with van der Waals surface area (Å²) in [6.07, 6.45) is 1.56. The topological polar surface area (TPSA) is 69.0 Å². The van der Waals surface area contributed by atoms with Gasteiger partial charge in [-0.15, -0.1) is 0 Å². The Bertz CT molecular complexity index is 782. The zero-order valence-corrected chi connectivity index (χ0v) is 12.0. The first-order chi connectivity index (χ1) is 10.1. The Morgan fingerprint density at radius 3 is 2.90 bits per heavy atom. The number of amides is 2. The van der Waals surface area contributed by atoms with Crippen molar-refractivity contribution in [1.29, 1.82) is 5.26 Å². The van der Waals surface area contributed by atoms with E-state index in [2.05, 4.69) is 10.3 Å². The summed E-state index contributed by atoms with van der Waals surface area (Å²) in [4.78, 5) is 18.0. The van der Waals surface area contributed by atoms with Crippen molar-refractivity contribution >= 4 is 29.0 Å². The number of carbonyl (C=O) groups excluding carboxylic acids is 1. The molecule has 0 radical (unpaired) electrons. The molecule has 1 aromatic heterocycles. The fourth-order valence-corrected chi connectivity index (χ4v) is 2.57. The second-order valence-electron chi connectivity index (χ2n) is 4.56. The number of hydrogen-bond donors (Lipinski definition) is 1. The standard InChI is InChI=1S/C15H11ClN4O/c1-2-20-14-8-18-10(7-17)6-12(14)11-4-3-9(16)5-13(11)19-15(20)21/h3-6,8H,2H2,1H3,(H,19,21). The third-order valence-electron chi connectivity index (χ3n) is 3.36. The number of fused-ring (bicyclic) bond motifs is 3. The number of rotatable bonds is 1. The molecule has 0 saturated heterocycles. The Morgan fingerprint density at radius 1 is 1.38 bits per heavy atom. The quantitative estimate of drug-likeness (QED) is 0.873. The molecule has 2 amide bonds. The molecule has 0 bridgehead atoms. The molecule has 0 saturated carbocycles. The third-order valence-corrected chi connectivity index (χ3v) is 3.60. The molecule has 0 fully saturated rings. The number of carbonyl (C=O) groups is 1. The smallest absolute Gasteiger partial charge is 0.307 e. The first-order valence-corrected chi connectivity index (χ1v) is 6.80. The van der Waals surface area contributed by atoms with E-state index in [4.69, 9.17) is 16.9 Å². The molecule has 0 aliphatic carbocycles. The Labute approximate surface area is 126 Å². The summed E-state index contributed by atoms with van der Waals surface area (Å²) in [7, 11) is 0. The van der Waals surface area contributed by atoms with Crippen molar-refractivity contribution in [2.45, 2.75) is 6.92 Å². The van der Waals surface area contributed by atoms with Crippen LogP contribution in [0.4, 0.5) is 16.2 Å². The molecule has 1 aromatic carbocycles. The highest BCUT2D eigenvalue weighted by molar-refractivity contribution is 6.31. The van der Waals surface area contributed by atoms with Crippen LogP contribution < -0.4 is 10.2 Å². The van der Waals surface area contributed by atoms with E-state index in [0.29, 0.717) is 28.6 Å². The van der Waals surface area contributed by atoms with E-state index in [1.807, 2.05) is 19.1 Å². The van der Waals surface area contributed by atoms with Crippen LogP contribution in [-0.4, -0.2) is 17.6 Å². The lowest BCUT2D eigenvalue weighted by atomic mass is 10.0. The molecular formula is C15H11ClN4O. The van der Waals surface area contributed by atoms with Crippen molar-refractivity contribution in [3.05, 3.63) is 41.2 Å². The molecular weight excluding hydrogens is 288 g/mol. The van der Waals surface area contributed by atoms with E-state index in [-0.39, 0.29) is 6.03 Å². The molecule has 1 N–H and O–H groups in total. The maximum absolute atomic E-state index is 12.3. The van der Waals surface area contributed by atoms with Gasteiger partial charge in [-0.2, -0.15) is 5.26 Å². The Hall–Kier alpha value is -2.58. The van der Waals surface area contributed by atoms with Crippen molar-refractivity contribution in [3.63, 3.8) is 0 Å². The average molecular weight is 299 g/mol. The molecule has 0 atom stereocenters. The second-order valence-corrected chi connectivity index (χ2v) is 5.00. The zero-order valence-electron chi connectivity index (χ0n) is 11.2. The summed E-state index contributed by atoms with van der Waals surface area (Å²) < 4.78 is 0. The minimum atomic E-state index is -0.244. The molecule has 2 aromatic rings. The van der Waals surface area contributed by atoms with Crippen LogP contribution in [0.5, 0.6) is 0 Å². The number of benzene rings is 1. The number of nitriles is 1. The number of aromatic nitrogens is 1. The number of halogens is 1. The maximum Gasteiger partial charge on any atom is 0.326 e. The van der Waals surface area contributed by atoms with Crippen molar-refractivity contribution in [1.82, 2.24) is 4.98 Å².